The van der Waals surface area contributed by atoms with Gasteiger partial charge in [-0.25, -0.2) is 4.98 Å². The van der Waals surface area contributed by atoms with Gasteiger partial charge in [0, 0.05) is 30.1 Å². The van der Waals surface area contributed by atoms with Crippen LogP contribution in [0.4, 0.5) is 11.6 Å². The van der Waals surface area contributed by atoms with Crippen molar-refractivity contribution in [3.05, 3.63) is 52.8 Å². The van der Waals surface area contributed by atoms with Crippen molar-refractivity contribution >= 4 is 22.4 Å². The number of ether oxygens (including phenoxy) is 1. The fourth-order valence-electron chi connectivity index (χ4n) is 3.65. The Morgan fingerprint density at radius 2 is 1.90 bits per heavy atom. The van der Waals surface area contributed by atoms with E-state index in [1.54, 1.807) is 0 Å². The molecule has 1 aliphatic heterocycles. The molecule has 0 spiro atoms. The van der Waals surface area contributed by atoms with Crippen molar-refractivity contribution in [2.45, 2.75) is 26.8 Å². The number of nitriles is 1. The number of morpholine rings is 1. The van der Waals surface area contributed by atoms with E-state index in [1.807, 2.05) is 32.2 Å². The third-order valence-corrected chi connectivity index (χ3v) is 5.25. The van der Waals surface area contributed by atoms with Gasteiger partial charge in [-0.3, -0.25) is 0 Å². The summed E-state index contributed by atoms with van der Waals surface area (Å²) in [6, 6.07) is 10.2. The molecule has 1 fully saturated rings. The maximum atomic E-state index is 9.27. The molecule has 1 aromatic carbocycles. The Kier molecular flexibility index (Phi) is 5.28. The molecule has 3 aromatic rings. The second kappa shape index (κ2) is 8.02. The molecule has 4 rings (SSSR count). The highest BCUT2D eigenvalue weighted by molar-refractivity contribution is 5.94. The molecular formula is C22H24N6O. The summed E-state index contributed by atoms with van der Waals surface area (Å²) in [6.07, 6.45) is 1.88. The van der Waals surface area contributed by atoms with Gasteiger partial charge in [-0.15, -0.1) is 5.10 Å². The second-order valence-corrected chi connectivity index (χ2v) is 7.43. The highest BCUT2D eigenvalue weighted by Gasteiger charge is 2.17. The number of fused-ring (bicyclic) bond motifs is 1. The van der Waals surface area contributed by atoms with Gasteiger partial charge < -0.3 is 15.0 Å². The third kappa shape index (κ3) is 3.98. The minimum Gasteiger partial charge on any atom is -0.378 e. The van der Waals surface area contributed by atoms with Crippen LogP contribution in [0.1, 0.15) is 35.3 Å². The van der Waals surface area contributed by atoms with Gasteiger partial charge in [0.05, 0.1) is 36.6 Å². The number of nitrogens with zero attached hydrogens (tertiary/aromatic N) is 5. The van der Waals surface area contributed by atoms with Crippen LogP contribution in [-0.2, 0) is 4.74 Å². The molecule has 0 saturated carbocycles. The quantitative estimate of drug-likeness (QED) is 0.731. The molecule has 1 aliphatic rings. The van der Waals surface area contributed by atoms with Crippen LogP contribution in [0.25, 0.3) is 10.8 Å². The van der Waals surface area contributed by atoms with Crippen molar-refractivity contribution in [3.8, 4) is 6.07 Å². The smallest absolute Gasteiger partial charge is 0.157 e. The Hall–Kier alpha value is -3.24. The van der Waals surface area contributed by atoms with E-state index >= 15 is 0 Å². The summed E-state index contributed by atoms with van der Waals surface area (Å²) < 4.78 is 5.45. The molecule has 3 heterocycles. The zero-order valence-corrected chi connectivity index (χ0v) is 16.9. The summed E-state index contributed by atoms with van der Waals surface area (Å²) in [5.41, 5.74) is 3.61. The standard InChI is InChI=1S/C22H24N6O/c1-14-8-17(12-23)10-18(9-14)15(2)25-22-19-11-21(28-4-6-29-7-5-28)24-13-20(19)16(3)26-27-22/h8-11,13,15H,4-7H2,1-3H3,(H,25,27). The number of hydrogen-bond donors (Lipinski definition) is 1. The van der Waals surface area contributed by atoms with Gasteiger partial charge in [-0.2, -0.15) is 10.4 Å². The van der Waals surface area contributed by atoms with Gasteiger partial charge in [-0.05, 0) is 50.1 Å². The first-order chi connectivity index (χ1) is 14.0. The highest BCUT2D eigenvalue weighted by Crippen LogP contribution is 2.29. The van der Waals surface area contributed by atoms with Crippen LogP contribution >= 0.6 is 0 Å². The van der Waals surface area contributed by atoms with Crippen LogP contribution in [0, 0.1) is 25.2 Å². The van der Waals surface area contributed by atoms with Gasteiger partial charge in [0.2, 0.25) is 0 Å². The molecule has 7 nitrogen and oxygen atoms in total. The van der Waals surface area contributed by atoms with E-state index in [2.05, 4.69) is 50.5 Å². The summed E-state index contributed by atoms with van der Waals surface area (Å²) in [4.78, 5) is 6.87. The van der Waals surface area contributed by atoms with Gasteiger partial charge in [0.1, 0.15) is 5.82 Å². The van der Waals surface area contributed by atoms with Crippen LogP contribution in [0.3, 0.4) is 0 Å². The normalized spacial score (nSPS) is 15.2. The number of anilines is 2. The number of aromatic nitrogens is 3. The average Bonchev–Trinajstić information content (AvgIpc) is 2.75. The first kappa shape index (κ1) is 19.1. The molecule has 1 atom stereocenters. The van der Waals surface area contributed by atoms with Crippen LogP contribution in [0.5, 0.6) is 0 Å². The number of benzene rings is 1. The number of aryl methyl sites for hydroxylation is 2. The van der Waals surface area contributed by atoms with Crippen LogP contribution in [0.2, 0.25) is 0 Å². The van der Waals surface area contributed by atoms with Crippen molar-refractivity contribution < 1.29 is 4.74 Å². The molecule has 0 bridgehead atoms. The molecule has 1 unspecified atom stereocenters. The maximum absolute atomic E-state index is 9.27. The largest absolute Gasteiger partial charge is 0.378 e. The molecule has 29 heavy (non-hydrogen) atoms. The molecule has 0 aliphatic carbocycles. The maximum Gasteiger partial charge on any atom is 0.157 e. The Balaban J connectivity index is 1.70. The van der Waals surface area contributed by atoms with E-state index < -0.39 is 0 Å². The SMILES string of the molecule is Cc1cc(C#N)cc(C(C)Nc2nnc(C)c3cnc(N4CCOCC4)cc23)c1. The fraction of sp³-hybridized carbons (Fsp3) is 0.364. The number of hydrogen-bond acceptors (Lipinski definition) is 7. The lowest BCUT2D eigenvalue weighted by molar-refractivity contribution is 0.122. The predicted octanol–water partition coefficient (Wildman–Crippen LogP) is 3.52. The first-order valence-corrected chi connectivity index (χ1v) is 9.79. The minimum absolute atomic E-state index is 0.0257. The van der Waals surface area contributed by atoms with E-state index in [0.717, 1.165) is 52.3 Å². The topological polar surface area (TPSA) is 87.0 Å². The van der Waals surface area contributed by atoms with Crippen molar-refractivity contribution in [2.75, 3.05) is 36.5 Å². The zero-order chi connectivity index (χ0) is 20.4. The van der Waals surface area contributed by atoms with E-state index in [-0.39, 0.29) is 6.04 Å². The van der Waals surface area contributed by atoms with E-state index in [1.165, 1.54) is 0 Å². The molecule has 1 N–H and O–H groups in total. The Morgan fingerprint density at radius 3 is 2.66 bits per heavy atom. The summed E-state index contributed by atoms with van der Waals surface area (Å²) in [7, 11) is 0. The predicted molar refractivity (Wildman–Crippen MR) is 113 cm³/mol. The lowest BCUT2D eigenvalue weighted by atomic mass is 10.0. The monoisotopic (exact) mass is 388 g/mol. The lowest BCUT2D eigenvalue weighted by Crippen LogP contribution is -2.36. The molecule has 148 valence electrons. The molecular weight excluding hydrogens is 364 g/mol. The summed E-state index contributed by atoms with van der Waals surface area (Å²) >= 11 is 0. The van der Waals surface area contributed by atoms with E-state index in [9.17, 15) is 5.26 Å². The summed E-state index contributed by atoms with van der Waals surface area (Å²) in [6.45, 7) is 9.09. The van der Waals surface area contributed by atoms with Gasteiger partial charge in [-0.1, -0.05) is 6.07 Å². The molecule has 0 radical (unpaired) electrons. The van der Waals surface area contributed by atoms with Crippen LogP contribution in [-0.4, -0.2) is 41.5 Å². The van der Waals surface area contributed by atoms with Crippen molar-refractivity contribution in [1.29, 1.82) is 5.26 Å². The van der Waals surface area contributed by atoms with Crippen LogP contribution < -0.4 is 10.2 Å². The second-order valence-electron chi connectivity index (χ2n) is 7.43. The number of pyridine rings is 1. The van der Waals surface area contributed by atoms with Crippen molar-refractivity contribution in [2.24, 2.45) is 0 Å². The summed E-state index contributed by atoms with van der Waals surface area (Å²) in [5.74, 6) is 1.64. The van der Waals surface area contributed by atoms with E-state index in [0.29, 0.717) is 18.8 Å². The van der Waals surface area contributed by atoms with E-state index in [4.69, 9.17) is 4.74 Å². The van der Waals surface area contributed by atoms with Crippen molar-refractivity contribution in [1.82, 2.24) is 15.2 Å². The number of rotatable bonds is 4. The molecule has 2 aromatic heterocycles. The summed E-state index contributed by atoms with van der Waals surface area (Å²) in [5, 5.41) is 23.5. The van der Waals surface area contributed by atoms with Gasteiger partial charge in [0.25, 0.3) is 0 Å². The molecule has 7 heteroatoms. The first-order valence-electron chi connectivity index (χ1n) is 9.79. The van der Waals surface area contributed by atoms with Gasteiger partial charge >= 0.3 is 0 Å². The van der Waals surface area contributed by atoms with Crippen molar-refractivity contribution in [3.63, 3.8) is 0 Å². The minimum atomic E-state index is -0.0257. The third-order valence-electron chi connectivity index (χ3n) is 5.25. The number of nitrogens with one attached hydrogen (secondary N) is 1. The molecule has 0 amide bonds. The molecule has 1 saturated heterocycles. The Bertz CT molecular complexity index is 1080. The zero-order valence-electron chi connectivity index (χ0n) is 16.9. The fourth-order valence-corrected chi connectivity index (χ4v) is 3.65. The van der Waals surface area contributed by atoms with Gasteiger partial charge in [0.15, 0.2) is 5.82 Å². The Labute approximate surface area is 170 Å². The Morgan fingerprint density at radius 1 is 1.10 bits per heavy atom. The average molecular weight is 388 g/mol. The van der Waals surface area contributed by atoms with Crippen LogP contribution in [0.15, 0.2) is 30.5 Å². The highest BCUT2D eigenvalue weighted by atomic mass is 16.5. The lowest BCUT2D eigenvalue weighted by Gasteiger charge is -2.28.